The molecule has 4 heteroatoms. The lowest BCUT2D eigenvalue weighted by Gasteiger charge is -1.86. The first-order chi connectivity index (χ1) is 4.31. The number of carbonyl (C=O) groups is 1. The van der Waals surface area contributed by atoms with Gasteiger partial charge in [0.25, 0.3) is 0 Å². The highest BCUT2D eigenvalue weighted by Crippen LogP contribution is 1.95. The molecule has 0 aliphatic carbocycles. The molecule has 0 saturated heterocycles. The van der Waals surface area contributed by atoms with Crippen molar-refractivity contribution in [3.8, 4) is 0 Å². The second kappa shape index (κ2) is 5.12. The Hall–Kier alpha value is -1.02. The van der Waals surface area contributed by atoms with Gasteiger partial charge in [0.05, 0.1) is 0 Å². The Morgan fingerprint density at radius 2 is 2.44 bits per heavy atom. The molecule has 0 radical (unpaired) electrons. The fourth-order valence-electron chi connectivity index (χ4n) is 0.428. The molecule has 0 spiro atoms. The molecule has 0 bridgehead atoms. The van der Waals surface area contributed by atoms with Crippen molar-refractivity contribution >= 4 is 5.91 Å². The topological polar surface area (TPSA) is 65.8 Å². The number of amides is 1. The Kier molecular flexibility index (Phi) is 4.54. The van der Waals surface area contributed by atoms with Gasteiger partial charge < -0.3 is 0 Å². The number of rotatable bonds is 3. The summed E-state index contributed by atoms with van der Waals surface area (Å²) < 4.78 is 0. The molecule has 0 unspecified atom stereocenters. The molecule has 0 fully saturated rings. The van der Waals surface area contributed by atoms with E-state index < -0.39 is 0 Å². The largest absolute Gasteiger partial charge is 0.293 e. The van der Waals surface area contributed by atoms with Crippen LogP contribution in [0.1, 0.15) is 26.2 Å². The Bertz CT molecular complexity index is 137. The number of hydrogen-bond donors (Lipinski definition) is 0. The molecule has 0 aromatic carbocycles. The summed E-state index contributed by atoms with van der Waals surface area (Å²) >= 11 is 0. The van der Waals surface area contributed by atoms with Gasteiger partial charge in [0.15, 0.2) is 0 Å². The molecule has 50 valence electrons. The first-order valence-electron chi connectivity index (χ1n) is 2.89. The lowest BCUT2D eigenvalue weighted by molar-refractivity contribution is -0.118. The zero-order chi connectivity index (χ0) is 7.11. The van der Waals surface area contributed by atoms with E-state index in [2.05, 4.69) is 10.0 Å². The Balaban J connectivity index is 3.39. The van der Waals surface area contributed by atoms with E-state index in [1.54, 1.807) is 0 Å². The molecule has 0 N–H and O–H groups in total. The quantitative estimate of drug-likeness (QED) is 0.325. The molecule has 9 heavy (non-hydrogen) atoms. The van der Waals surface area contributed by atoms with E-state index >= 15 is 0 Å². The summed E-state index contributed by atoms with van der Waals surface area (Å²) in [5.74, 6) is -0.362. The summed E-state index contributed by atoms with van der Waals surface area (Å²) in [6.45, 7) is 1.98. The number of azide groups is 1. The van der Waals surface area contributed by atoms with Gasteiger partial charge in [-0.2, -0.15) is 0 Å². The standard InChI is InChI=1S/C5H9N3O/c1-2-3-4-5(9)7-8-6/h2-4H2,1H3. The molecular formula is C5H9N3O. The number of unbranched alkanes of at least 4 members (excludes halogenated alkanes) is 1. The highest BCUT2D eigenvalue weighted by Gasteiger charge is 1.93. The van der Waals surface area contributed by atoms with Gasteiger partial charge in [-0.1, -0.05) is 13.3 Å². The molecule has 0 saturated carbocycles. The third-order valence-electron chi connectivity index (χ3n) is 0.900. The van der Waals surface area contributed by atoms with Crippen LogP contribution < -0.4 is 0 Å². The fourth-order valence-corrected chi connectivity index (χ4v) is 0.428. The van der Waals surface area contributed by atoms with Crippen molar-refractivity contribution in [2.45, 2.75) is 26.2 Å². The van der Waals surface area contributed by atoms with Crippen LogP contribution >= 0.6 is 0 Å². The van der Waals surface area contributed by atoms with Crippen molar-refractivity contribution in [3.05, 3.63) is 10.4 Å². The van der Waals surface area contributed by atoms with Gasteiger partial charge in [-0.05, 0) is 17.1 Å². The first-order valence-corrected chi connectivity index (χ1v) is 2.89. The van der Waals surface area contributed by atoms with Gasteiger partial charge in [0, 0.05) is 11.3 Å². The summed E-state index contributed by atoms with van der Waals surface area (Å²) in [5, 5.41) is 2.90. The van der Waals surface area contributed by atoms with Crippen LogP contribution in [0.5, 0.6) is 0 Å². The third-order valence-corrected chi connectivity index (χ3v) is 0.900. The van der Waals surface area contributed by atoms with Crippen molar-refractivity contribution in [3.63, 3.8) is 0 Å². The highest BCUT2D eigenvalue weighted by molar-refractivity contribution is 5.76. The van der Waals surface area contributed by atoms with Crippen LogP contribution in [-0.4, -0.2) is 5.91 Å². The number of nitrogens with zero attached hydrogens (tertiary/aromatic N) is 3. The maximum absolute atomic E-state index is 10.4. The SMILES string of the molecule is CCCCC(=O)N=[N+]=[N-]. The highest BCUT2D eigenvalue weighted by atomic mass is 16.1. The third kappa shape index (κ3) is 4.84. The Morgan fingerprint density at radius 1 is 1.78 bits per heavy atom. The zero-order valence-corrected chi connectivity index (χ0v) is 5.37. The maximum Gasteiger partial charge on any atom is 0.218 e. The van der Waals surface area contributed by atoms with Gasteiger partial charge in [-0.15, -0.1) is 0 Å². The maximum atomic E-state index is 10.4. The fraction of sp³-hybridized carbons (Fsp3) is 0.800. The second-order valence-electron chi connectivity index (χ2n) is 1.69. The van der Waals surface area contributed by atoms with Crippen LogP contribution in [0, 0.1) is 0 Å². The number of hydrogen-bond acceptors (Lipinski definition) is 1. The lowest BCUT2D eigenvalue weighted by atomic mass is 10.2. The molecule has 1 amide bonds. The predicted molar refractivity (Wildman–Crippen MR) is 33.7 cm³/mol. The summed E-state index contributed by atoms with van der Waals surface area (Å²) in [4.78, 5) is 12.7. The minimum Gasteiger partial charge on any atom is -0.293 e. The predicted octanol–water partition coefficient (Wildman–Crippen LogP) is 2.01. The molecule has 4 nitrogen and oxygen atoms in total. The van der Waals surface area contributed by atoms with Crippen LogP contribution in [0.15, 0.2) is 5.11 Å². The van der Waals surface area contributed by atoms with Crippen LogP contribution in [0.25, 0.3) is 10.4 Å². The van der Waals surface area contributed by atoms with Crippen LogP contribution in [0.4, 0.5) is 0 Å². The van der Waals surface area contributed by atoms with Crippen LogP contribution in [0.2, 0.25) is 0 Å². The first kappa shape index (κ1) is 7.98. The Labute approximate surface area is 53.5 Å². The van der Waals surface area contributed by atoms with Crippen LogP contribution in [-0.2, 0) is 4.79 Å². The van der Waals surface area contributed by atoms with E-state index in [1.165, 1.54) is 0 Å². The minimum atomic E-state index is -0.362. The van der Waals surface area contributed by atoms with Crippen molar-refractivity contribution in [1.82, 2.24) is 0 Å². The number of carbonyl (C=O) groups excluding carboxylic acids is 1. The van der Waals surface area contributed by atoms with Crippen LogP contribution in [0.3, 0.4) is 0 Å². The van der Waals surface area contributed by atoms with E-state index in [9.17, 15) is 4.79 Å². The summed E-state index contributed by atoms with van der Waals surface area (Å²) in [7, 11) is 0. The van der Waals surface area contributed by atoms with Gasteiger partial charge in [-0.3, -0.25) is 4.79 Å². The molecule has 0 aromatic heterocycles. The summed E-state index contributed by atoms with van der Waals surface area (Å²) in [6.07, 6.45) is 2.13. The van der Waals surface area contributed by atoms with E-state index in [-0.39, 0.29) is 5.91 Å². The summed E-state index contributed by atoms with van der Waals surface area (Å²) in [6, 6.07) is 0. The van der Waals surface area contributed by atoms with E-state index in [0.29, 0.717) is 6.42 Å². The van der Waals surface area contributed by atoms with Gasteiger partial charge in [-0.25, -0.2) is 0 Å². The smallest absolute Gasteiger partial charge is 0.218 e. The monoisotopic (exact) mass is 127 g/mol. The molecule has 0 atom stereocenters. The van der Waals surface area contributed by atoms with Gasteiger partial charge in [0.2, 0.25) is 5.91 Å². The summed E-state index contributed by atoms with van der Waals surface area (Å²) in [5.41, 5.74) is 7.77. The molecule has 0 aromatic rings. The molecule has 0 aliphatic rings. The zero-order valence-electron chi connectivity index (χ0n) is 5.37. The van der Waals surface area contributed by atoms with Crippen molar-refractivity contribution in [2.75, 3.05) is 0 Å². The van der Waals surface area contributed by atoms with Crippen molar-refractivity contribution in [2.24, 2.45) is 5.11 Å². The van der Waals surface area contributed by atoms with E-state index in [1.807, 2.05) is 6.92 Å². The van der Waals surface area contributed by atoms with E-state index in [4.69, 9.17) is 5.53 Å². The molecular weight excluding hydrogens is 118 g/mol. The van der Waals surface area contributed by atoms with E-state index in [0.717, 1.165) is 12.8 Å². The minimum absolute atomic E-state index is 0.362. The molecule has 0 heterocycles. The van der Waals surface area contributed by atoms with Gasteiger partial charge in [0.1, 0.15) is 0 Å². The Morgan fingerprint density at radius 3 is 2.89 bits per heavy atom. The van der Waals surface area contributed by atoms with Crippen molar-refractivity contribution < 1.29 is 4.79 Å². The normalized spacial score (nSPS) is 8.11. The van der Waals surface area contributed by atoms with Gasteiger partial charge >= 0.3 is 0 Å². The molecule has 0 aliphatic heterocycles. The average Bonchev–Trinajstić information content (AvgIpc) is 1.85. The average molecular weight is 127 g/mol. The second-order valence-corrected chi connectivity index (χ2v) is 1.69. The lowest BCUT2D eigenvalue weighted by Crippen LogP contribution is -1.88. The van der Waals surface area contributed by atoms with Crippen molar-refractivity contribution in [1.29, 1.82) is 0 Å². The molecule has 0 rings (SSSR count).